The van der Waals surface area contributed by atoms with Crippen molar-refractivity contribution in [2.45, 2.75) is 12.5 Å². The Morgan fingerprint density at radius 1 is 1.29 bits per heavy atom. The number of carbonyl (C=O) groups is 3. The topological polar surface area (TPSA) is 169 Å². The van der Waals surface area contributed by atoms with Crippen LogP contribution in [0.15, 0.2) is 53.1 Å². The Kier molecular flexibility index (Phi) is 6.14. The number of amidine groups is 1. The molecule has 5 N–H and O–H groups in total. The fraction of sp³-hybridized carbons (Fsp3) is 0.111. The van der Waals surface area contributed by atoms with Gasteiger partial charge in [0.05, 0.1) is 6.20 Å². The average molecular weight is 432 g/mol. The fourth-order valence-electron chi connectivity index (χ4n) is 2.49. The van der Waals surface area contributed by atoms with E-state index >= 15 is 0 Å². The molecular weight excluding hydrogens is 418 g/mol. The fourth-order valence-corrected chi connectivity index (χ4v) is 2.49. The molecule has 0 saturated carbocycles. The number of oxime groups is 1. The summed E-state index contributed by atoms with van der Waals surface area (Å²) in [7, 11) is 0. The van der Waals surface area contributed by atoms with Gasteiger partial charge in [-0.15, -0.1) is 0 Å². The van der Waals surface area contributed by atoms with Crippen molar-refractivity contribution >= 4 is 29.4 Å². The third-order valence-electron chi connectivity index (χ3n) is 3.96. The predicted octanol–water partition coefficient (Wildman–Crippen LogP) is 0.258. The molecule has 13 heteroatoms. The highest BCUT2D eigenvalue weighted by atomic mass is 19.1. The maximum Gasteiger partial charge on any atom is 0.357 e. The monoisotopic (exact) mass is 432 g/mol. The summed E-state index contributed by atoms with van der Waals surface area (Å²) in [6.07, 6.45) is 1.51. The zero-order valence-corrected chi connectivity index (χ0v) is 15.5. The number of pyridine rings is 2. The van der Waals surface area contributed by atoms with E-state index in [4.69, 9.17) is 5.73 Å². The third kappa shape index (κ3) is 5.14. The quantitative estimate of drug-likeness (QED) is 0.130. The summed E-state index contributed by atoms with van der Waals surface area (Å²) in [5, 5.41) is 17.9. The van der Waals surface area contributed by atoms with Gasteiger partial charge in [-0.25, -0.2) is 19.2 Å². The number of carbonyl (C=O) groups excluding carboxylic acids is 3. The Bertz CT molecular complexity index is 1100. The molecule has 1 unspecified atom stereocenters. The van der Waals surface area contributed by atoms with Gasteiger partial charge in [-0.1, -0.05) is 5.16 Å². The summed E-state index contributed by atoms with van der Waals surface area (Å²) in [4.78, 5) is 48.1. The van der Waals surface area contributed by atoms with Gasteiger partial charge in [-0.05, 0) is 18.2 Å². The molecule has 0 radical (unpaired) electrons. The van der Waals surface area contributed by atoms with Gasteiger partial charge in [0.2, 0.25) is 5.95 Å². The number of nitrogens with one attached hydrogen (secondary N) is 2. The van der Waals surface area contributed by atoms with Gasteiger partial charge >= 0.3 is 5.97 Å². The van der Waals surface area contributed by atoms with Gasteiger partial charge in [0, 0.05) is 24.2 Å². The molecule has 1 aliphatic heterocycles. The predicted molar refractivity (Wildman–Crippen MR) is 100 cm³/mol. The van der Waals surface area contributed by atoms with Gasteiger partial charge in [0.1, 0.15) is 29.0 Å². The van der Waals surface area contributed by atoms with E-state index in [9.17, 15) is 28.3 Å². The minimum atomic E-state index is -1.36. The zero-order valence-electron chi connectivity index (χ0n) is 15.5. The molecule has 31 heavy (non-hydrogen) atoms. The number of hydrogen-bond acceptors (Lipinski definition) is 8. The lowest BCUT2D eigenvalue weighted by Gasteiger charge is -2.22. The minimum Gasteiger partial charge on any atom is -0.511 e. The number of nitrogens with two attached hydrogens (primary N) is 1. The summed E-state index contributed by atoms with van der Waals surface area (Å²) in [5.41, 5.74) is 5.04. The molecule has 0 bridgehead atoms. The Balaban J connectivity index is 1.66. The van der Waals surface area contributed by atoms with Crippen LogP contribution in [0, 0.1) is 11.8 Å². The first-order valence-corrected chi connectivity index (χ1v) is 8.56. The first-order valence-electron chi connectivity index (χ1n) is 8.56. The second kappa shape index (κ2) is 8.94. The lowest BCUT2D eigenvalue weighted by atomic mass is 10.0. The SMILES string of the molecule is NC(=NOC(=O)C1CC(O)=C(C(=O)Nc2ccc(F)cn2)C(=O)N1)c1ccnc(F)c1. The van der Waals surface area contributed by atoms with Crippen molar-refractivity contribution in [1.29, 1.82) is 0 Å². The van der Waals surface area contributed by atoms with E-state index in [-0.39, 0.29) is 17.2 Å². The molecule has 1 atom stereocenters. The van der Waals surface area contributed by atoms with Gasteiger partial charge in [0.15, 0.2) is 5.84 Å². The van der Waals surface area contributed by atoms with Crippen LogP contribution in [0.25, 0.3) is 0 Å². The van der Waals surface area contributed by atoms with Crippen molar-refractivity contribution in [2.75, 3.05) is 5.32 Å². The number of nitrogens with zero attached hydrogens (tertiary/aromatic N) is 3. The second-order valence-electron chi connectivity index (χ2n) is 6.12. The van der Waals surface area contributed by atoms with Crippen LogP contribution in [0.1, 0.15) is 12.0 Å². The number of amides is 2. The van der Waals surface area contributed by atoms with Crippen LogP contribution in [-0.2, 0) is 19.2 Å². The molecule has 2 amide bonds. The molecule has 2 aromatic heterocycles. The van der Waals surface area contributed by atoms with E-state index in [1.807, 2.05) is 0 Å². The molecule has 11 nitrogen and oxygen atoms in total. The van der Waals surface area contributed by atoms with Crippen molar-refractivity contribution in [1.82, 2.24) is 15.3 Å². The molecule has 3 rings (SSSR count). The lowest BCUT2D eigenvalue weighted by molar-refractivity contribution is -0.148. The summed E-state index contributed by atoms with van der Waals surface area (Å²) in [5.74, 6) is -5.67. The third-order valence-corrected chi connectivity index (χ3v) is 3.96. The molecule has 0 aromatic carbocycles. The Morgan fingerprint density at radius 3 is 2.71 bits per heavy atom. The molecule has 160 valence electrons. The van der Waals surface area contributed by atoms with Crippen molar-refractivity contribution in [3.63, 3.8) is 0 Å². The highest BCUT2D eigenvalue weighted by molar-refractivity contribution is 6.23. The number of halogens is 2. The molecule has 3 heterocycles. The molecule has 2 aromatic rings. The van der Waals surface area contributed by atoms with Gasteiger partial charge in [-0.2, -0.15) is 4.39 Å². The van der Waals surface area contributed by atoms with E-state index in [1.54, 1.807) is 0 Å². The van der Waals surface area contributed by atoms with Crippen LogP contribution in [0.3, 0.4) is 0 Å². The minimum absolute atomic E-state index is 0.0570. The maximum absolute atomic E-state index is 13.1. The second-order valence-corrected chi connectivity index (χ2v) is 6.12. The number of aromatic nitrogens is 2. The van der Waals surface area contributed by atoms with Crippen LogP contribution in [0.2, 0.25) is 0 Å². The highest BCUT2D eigenvalue weighted by Gasteiger charge is 2.36. The van der Waals surface area contributed by atoms with Crippen molar-refractivity contribution in [3.05, 3.63) is 65.3 Å². The number of aliphatic hydroxyl groups is 1. The van der Waals surface area contributed by atoms with Gasteiger partial charge in [0.25, 0.3) is 11.8 Å². The molecule has 0 aliphatic carbocycles. The zero-order chi connectivity index (χ0) is 22.5. The molecule has 0 fully saturated rings. The van der Waals surface area contributed by atoms with Gasteiger partial charge < -0.3 is 26.3 Å². The van der Waals surface area contributed by atoms with Crippen molar-refractivity contribution < 1.29 is 33.1 Å². The van der Waals surface area contributed by atoms with Crippen LogP contribution in [-0.4, -0.2) is 44.7 Å². The van der Waals surface area contributed by atoms with Gasteiger partial charge in [-0.3, -0.25) is 9.59 Å². The number of anilines is 1. The van der Waals surface area contributed by atoms with Crippen molar-refractivity contribution in [3.8, 4) is 0 Å². The standard InChI is InChI=1S/C18H14F2N6O5/c19-9-1-2-13(23-7-9)25-17(29)14-11(27)6-10(24-16(14)28)18(30)31-26-15(21)8-3-4-22-12(20)5-8/h1-5,7,10,27H,6H2,(H2,21,26)(H,24,28)(H,23,25,29). The van der Waals surface area contributed by atoms with Crippen LogP contribution < -0.4 is 16.4 Å². The van der Waals surface area contributed by atoms with E-state index < -0.39 is 53.3 Å². The Morgan fingerprint density at radius 2 is 2.06 bits per heavy atom. The van der Waals surface area contributed by atoms with Crippen LogP contribution in [0.5, 0.6) is 0 Å². The summed E-state index contributed by atoms with van der Waals surface area (Å²) < 4.78 is 26.0. The number of aliphatic hydroxyl groups excluding tert-OH is 1. The molecular formula is C18H14F2N6O5. The Hall–Kier alpha value is -4.42. The molecule has 0 saturated heterocycles. The lowest BCUT2D eigenvalue weighted by Crippen LogP contribution is -2.48. The van der Waals surface area contributed by atoms with Crippen molar-refractivity contribution in [2.24, 2.45) is 10.9 Å². The maximum atomic E-state index is 13.1. The normalized spacial score (nSPS) is 16.5. The summed E-state index contributed by atoms with van der Waals surface area (Å²) in [6.45, 7) is 0. The van der Waals surface area contributed by atoms with E-state index in [2.05, 4.69) is 30.6 Å². The Labute approximate surface area is 172 Å². The first-order chi connectivity index (χ1) is 14.7. The van der Waals surface area contributed by atoms with E-state index in [0.717, 1.165) is 30.6 Å². The van der Waals surface area contributed by atoms with E-state index in [1.165, 1.54) is 6.07 Å². The largest absolute Gasteiger partial charge is 0.511 e. The smallest absolute Gasteiger partial charge is 0.357 e. The number of hydrogen-bond donors (Lipinski definition) is 4. The summed E-state index contributed by atoms with van der Waals surface area (Å²) in [6, 6.07) is 3.12. The average Bonchev–Trinajstić information content (AvgIpc) is 2.72. The number of rotatable bonds is 5. The first kappa shape index (κ1) is 21.3. The highest BCUT2D eigenvalue weighted by Crippen LogP contribution is 2.18. The van der Waals surface area contributed by atoms with E-state index in [0.29, 0.717) is 0 Å². The van der Waals surface area contributed by atoms with Crippen LogP contribution in [0.4, 0.5) is 14.6 Å². The van der Waals surface area contributed by atoms with Crippen LogP contribution >= 0.6 is 0 Å². The summed E-state index contributed by atoms with van der Waals surface area (Å²) >= 11 is 0. The molecule has 0 spiro atoms. The molecule has 1 aliphatic rings.